The first kappa shape index (κ1) is 13.1. The molecule has 0 aliphatic carbocycles. The number of thiocarbonyl (C=S) groups is 1. The minimum absolute atomic E-state index is 0.329. The first-order valence-electron chi connectivity index (χ1n) is 5.43. The van der Waals surface area contributed by atoms with E-state index in [0.29, 0.717) is 10.7 Å². The van der Waals surface area contributed by atoms with Gasteiger partial charge in [0.2, 0.25) is 0 Å². The van der Waals surface area contributed by atoms with E-state index in [0.717, 1.165) is 31.6 Å². The van der Waals surface area contributed by atoms with Crippen molar-refractivity contribution in [2.75, 3.05) is 20.6 Å². The summed E-state index contributed by atoms with van der Waals surface area (Å²) in [4.78, 5) is 2.48. The summed E-state index contributed by atoms with van der Waals surface area (Å²) >= 11 is 4.94. The molecule has 0 spiro atoms. The van der Waals surface area contributed by atoms with E-state index >= 15 is 0 Å². The van der Waals surface area contributed by atoms with Crippen LogP contribution in [0, 0.1) is 0 Å². The Balaban J connectivity index is 2.69. The molecule has 16 heavy (non-hydrogen) atoms. The largest absolute Gasteiger partial charge is 0.388 e. The van der Waals surface area contributed by atoms with Gasteiger partial charge in [0.15, 0.2) is 0 Å². The molecular weight excluding hydrogens is 222 g/mol. The van der Waals surface area contributed by atoms with E-state index in [1.54, 1.807) is 0 Å². The summed E-state index contributed by atoms with van der Waals surface area (Å²) in [6.45, 7) is 3.95. The summed E-state index contributed by atoms with van der Waals surface area (Å²) in [6.07, 6.45) is 1.89. The monoisotopic (exact) mass is 241 g/mol. The lowest BCUT2D eigenvalue weighted by Gasteiger charge is -2.10. The van der Waals surface area contributed by atoms with Gasteiger partial charge in [0.1, 0.15) is 10.7 Å². The molecule has 1 heterocycles. The second-order valence-corrected chi connectivity index (χ2v) is 4.42. The maximum atomic E-state index is 5.59. The van der Waals surface area contributed by atoms with Crippen molar-refractivity contribution in [1.82, 2.24) is 19.9 Å². The molecule has 0 unspecified atom stereocenters. The fourth-order valence-corrected chi connectivity index (χ4v) is 1.75. The maximum absolute atomic E-state index is 5.59. The van der Waals surface area contributed by atoms with Crippen molar-refractivity contribution in [1.29, 1.82) is 0 Å². The fourth-order valence-electron chi connectivity index (χ4n) is 1.59. The smallest absolute Gasteiger partial charge is 0.143 e. The van der Waals surface area contributed by atoms with Crippen molar-refractivity contribution in [3.05, 3.63) is 11.4 Å². The van der Waals surface area contributed by atoms with Crippen LogP contribution in [0.4, 0.5) is 0 Å². The van der Waals surface area contributed by atoms with Gasteiger partial charge in [-0.05, 0) is 33.5 Å². The number of aromatic nitrogens is 3. The summed E-state index contributed by atoms with van der Waals surface area (Å²) in [7, 11) is 4.12. The molecule has 0 aliphatic heterocycles. The number of hydrogen-bond donors (Lipinski definition) is 1. The lowest BCUT2D eigenvalue weighted by molar-refractivity contribution is 0.377. The summed E-state index contributed by atoms with van der Waals surface area (Å²) in [5.74, 6) is 0. The standard InChI is InChI=1S/C10H19N5S/c1-4-8-9(10(11)16)12-13-15(8)7-5-6-14(2)3/h4-7H2,1-3H3,(H2,11,16). The minimum Gasteiger partial charge on any atom is -0.388 e. The van der Waals surface area contributed by atoms with Crippen LogP contribution in [0.3, 0.4) is 0 Å². The Bertz CT molecular complexity index is 358. The third-order valence-corrected chi connectivity index (χ3v) is 2.57. The molecule has 6 heteroatoms. The summed E-state index contributed by atoms with van der Waals surface area (Å²) in [6, 6.07) is 0. The molecule has 0 aliphatic rings. The first-order valence-corrected chi connectivity index (χ1v) is 5.84. The molecular formula is C10H19N5S. The van der Waals surface area contributed by atoms with Crippen molar-refractivity contribution in [2.45, 2.75) is 26.3 Å². The Labute approximate surface area is 102 Å². The van der Waals surface area contributed by atoms with Crippen LogP contribution in [-0.2, 0) is 13.0 Å². The number of rotatable bonds is 6. The zero-order chi connectivity index (χ0) is 12.1. The third-order valence-electron chi connectivity index (χ3n) is 2.38. The van der Waals surface area contributed by atoms with Gasteiger partial charge in [0.25, 0.3) is 0 Å². The Hall–Kier alpha value is -1.01. The highest BCUT2D eigenvalue weighted by atomic mass is 32.1. The minimum atomic E-state index is 0.329. The van der Waals surface area contributed by atoms with E-state index in [1.807, 2.05) is 4.68 Å². The van der Waals surface area contributed by atoms with Gasteiger partial charge in [-0.25, -0.2) is 4.68 Å². The first-order chi connectivity index (χ1) is 7.56. The summed E-state index contributed by atoms with van der Waals surface area (Å²) in [5.41, 5.74) is 7.29. The van der Waals surface area contributed by atoms with Gasteiger partial charge in [0, 0.05) is 6.54 Å². The van der Waals surface area contributed by atoms with Crippen LogP contribution in [0.2, 0.25) is 0 Å². The normalized spacial score (nSPS) is 11.0. The highest BCUT2D eigenvalue weighted by molar-refractivity contribution is 7.80. The Kier molecular flexibility index (Phi) is 4.82. The van der Waals surface area contributed by atoms with E-state index in [1.165, 1.54) is 0 Å². The third kappa shape index (κ3) is 3.24. The molecule has 0 saturated heterocycles. The van der Waals surface area contributed by atoms with Crippen LogP contribution >= 0.6 is 12.2 Å². The molecule has 0 amide bonds. The average Bonchev–Trinajstić information content (AvgIpc) is 2.60. The van der Waals surface area contributed by atoms with E-state index in [2.05, 4.69) is 36.2 Å². The van der Waals surface area contributed by atoms with Gasteiger partial charge < -0.3 is 10.6 Å². The average molecular weight is 241 g/mol. The maximum Gasteiger partial charge on any atom is 0.143 e. The van der Waals surface area contributed by atoms with Crippen LogP contribution in [0.25, 0.3) is 0 Å². The van der Waals surface area contributed by atoms with Gasteiger partial charge in [-0.1, -0.05) is 24.4 Å². The Morgan fingerprint density at radius 2 is 2.19 bits per heavy atom. The molecule has 0 bridgehead atoms. The molecule has 1 aromatic rings. The molecule has 1 aromatic heterocycles. The molecule has 90 valence electrons. The lowest BCUT2D eigenvalue weighted by atomic mass is 10.2. The fraction of sp³-hybridized carbons (Fsp3) is 0.700. The summed E-state index contributed by atoms with van der Waals surface area (Å²) in [5, 5.41) is 8.10. The molecule has 5 nitrogen and oxygen atoms in total. The van der Waals surface area contributed by atoms with Crippen molar-refractivity contribution >= 4 is 17.2 Å². The topological polar surface area (TPSA) is 60.0 Å². The molecule has 1 rings (SSSR count). The predicted octanol–water partition coefficient (Wildman–Crippen LogP) is 0.426. The Morgan fingerprint density at radius 3 is 2.69 bits per heavy atom. The number of nitrogens with two attached hydrogens (primary N) is 1. The molecule has 0 fully saturated rings. The van der Waals surface area contributed by atoms with Gasteiger partial charge in [-0.2, -0.15) is 0 Å². The quantitative estimate of drug-likeness (QED) is 0.732. The van der Waals surface area contributed by atoms with Crippen molar-refractivity contribution in [2.24, 2.45) is 5.73 Å². The highest BCUT2D eigenvalue weighted by Gasteiger charge is 2.12. The van der Waals surface area contributed by atoms with Gasteiger partial charge in [-0.3, -0.25) is 0 Å². The highest BCUT2D eigenvalue weighted by Crippen LogP contribution is 2.07. The molecule has 2 N–H and O–H groups in total. The lowest BCUT2D eigenvalue weighted by Crippen LogP contribution is -2.17. The van der Waals surface area contributed by atoms with E-state index in [-0.39, 0.29) is 0 Å². The Morgan fingerprint density at radius 1 is 1.50 bits per heavy atom. The second-order valence-electron chi connectivity index (χ2n) is 3.98. The van der Waals surface area contributed by atoms with Crippen LogP contribution < -0.4 is 5.73 Å². The van der Waals surface area contributed by atoms with Crippen LogP contribution in [0.5, 0.6) is 0 Å². The molecule has 0 saturated carbocycles. The van der Waals surface area contributed by atoms with Crippen molar-refractivity contribution in [3.63, 3.8) is 0 Å². The molecule has 0 aromatic carbocycles. The number of hydrogen-bond acceptors (Lipinski definition) is 4. The van der Waals surface area contributed by atoms with Gasteiger partial charge >= 0.3 is 0 Å². The van der Waals surface area contributed by atoms with E-state index in [4.69, 9.17) is 18.0 Å². The second kappa shape index (κ2) is 5.91. The van der Waals surface area contributed by atoms with Gasteiger partial charge in [-0.15, -0.1) is 5.10 Å². The van der Waals surface area contributed by atoms with Gasteiger partial charge in [0.05, 0.1) is 5.69 Å². The van der Waals surface area contributed by atoms with Crippen LogP contribution in [0.15, 0.2) is 0 Å². The van der Waals surface area contributed by atoms with Crippen LogP contribution in [0.1, 0.15) is 24.7 Å². The number of aryl methyl sites for hydroxylation is 1. The zero-order valence-corrected chi connectivity index (χ0v) is 10.9. The number of nitrogens with zero attached hydrogens (tertiary/aromatic N) is 4. The summed E-state index contributed by atoms with van der Waals surface area (Å²) < 4.78 is 1.90. The predicted molar refractivity (Wildman–Crippen MR) is 68.5 cm³/mol. The van der Waals surface area contributed by atoms with E-state index in [9.17, 15) is 0 Å². The SMILES string of the molecule is CCc1c(C(N)=S)nnn1CCCN(C)C. The van der Waals surface area contributed by atoms with Crippen LogP contribution in [-0.4, -0.2) is 45.5 Å². The zero-order valence-electron chi connectivity index (χ0n) is 10.1. The molecule has 0 radical (unpaired) electrons. The van der Waals surface area contributed by atoms with E-state index < -0.39 is 0 Å². The van der Waals surface area contributed by atoms with Crippen molar-refractivity contribution in [3.8, 4) is 0 Å². The molecule has 0 atom stereocenters. The van der Waals surface area contributed by atoms with Crippen molar-refractivity contribution < 1.29 is 0 Å².